The van der Waals surface area contributed by atoms with Crippen LogP contribution in [0.5, 0.6) is 11.5 Å². The Kier molecular flexibility index (Phi) is 3.83. The highest BCUT2D eigenvalue weighted by molar-refractivity contribution is 5.44. The van der Waals surface area contributed by atoms with Crippen molar-refractivity contribution in [1.82, 2.24) is 15.1 Å². The van der Waals surface area contributed by atoms with Crippen molar-refractivity contribution >= 4 is 5.82 Å². The first-order valence-electron chi connectivity index (χ1n) is 8.18. The molecule has 0 radical (unpaired) electrons. The van der Waals surface area contributed by atoms with Crippen LogP contribution in [0.3, 0.4) is 0 Å². The van der Waals surface area contributed by atoms with Gasteiger partial charge >= 0.3 is 0 Å². The fraction of sp³-hybridized carbons (Fsp3) is 0.471. The molecule has 6 nitrogen and oxygen atoms in total. The minimum Gasteiger partial charge on any atom is -0.486 e. The molecule has 122 valence electrons. The molecule has 2 aliphatic rings. The zero-order valence-corrected chi connectivity index (χ0v) is 13.3. The Morgan fingerprint density at radius 3 is 3.09 bits per heavy atom. The molecule has 2 N–H and O–H groups in total. The minimum absolute atomic E-state index is 0.268. The van der Waals surface area contributed by atoms with E-state index in [1.807, 2.05) is 23.0 Å². The molecule has 1 aromatic heterocycles. The predicted octanol–water partition coefficient (Wildman–Crippen LogP) is 2.05. The third-order valence-electron chi connectivity index (χ3n) is 4.50. The van der Waals surface area contributed by atoms with Gasteiger partial charge in [-0.1, -0.05) is 6.07 Å². The average Bonchev–Trinajstić information content (AvgIpc) is 3.07. The van der Waals surface area contributed by atoms with E-state index < -0.39 is 0 Å². The molecule has 0 amide bonds. The van der Waals surface area contributed by atoms with Crippen LogP contribution in [0.4, 0.5) is 5.82 Å². The number of ether oxygens (including phenoxy) is 2. The monoisotopic (exact) mass is 314 g/mol. The number of nitrogens with one attached hydrogen (secondary N) is 2. The first-order chi connectivity index (χ1) is 11.3. The second-order valence-corrected chi connectivity index (χ2v) is 6.18. The van der Waals surface area contributed by atoms with Crippen LogP contribution < -0.4 is 20.1 Å². The average molecular weight is 314 g/mol. The summed E-state index contributed by atoms with van der Waals surface area (Å²) in [5.74, 6) is 3.33. The van der Waals surface area contributed by atoms with Gasteiger partial charge in [0.1, 0.15) is 19.0 Å². The molecular formula is C17H22N4O2. The Hall–Kier alpha value is -2.21. The van der Waals surface area contributed by atoms with Gasteiger partial charge in [0.25, 0.3) is 0 Å². The molecule has 1 aromatic carbocycles. The number of hydrogen-bond donors (Lipinski definition) is 2. The standard InChI is InChI=1S/C17H22N4O2/c1-12(14-2-3-15-16(8-14)23-7-6-22-15)18-9-13-10-19-17-4-5-20-21(17)11-13/h2-5,8,12-13,18-19H,6-7,9-11H2,1H3/t12-,13-/m0/s1. The second kappa shape index (κ2) is 6.12. The number of aromatic nitrogens is 2. The van der Waals surface area contributed by atoms with E-state index in [4.69, 9.17) is 9.47 Å². The molecule has 0 saturated carbocycles. The van der Waals surface area contributed by atoms with Gasteiger partial charge in [0.15, 0.2) is 11.5 Å². The summed E-state index contributed by atoms with van der Waals surface area (Å²) in [6.07, 6.45) is 1.84. The highest BCUT2D eigenvalue weighted by Crippen LogP contribution is 2.32. The van der Waals surface area contributed by atoms with Crippen molar-refractivity contribution in [2.75, 3.05) is 31.6 Å². The maximum atomic E-state index is 5.66. The summed E-state index contributed by atoms with van der Waals surface area (Å²) in [6.45, 7) is 6.31. The molecule has 0 fully saturated rings. The number of anilines is 1. The van der Waals surface area contributed by atoms with E-state index in [1.165, 1.54) is 5.56 Å². The molecule has 23 heavy (non-hydrogen) atoms. The van der Waals surface area contributed by atoms with Gasteiger partial charge in [-0.15, -0.1) is 0 Å². The molecule has 2 atom stereocenters. The molecular weight excluding hydrogens is 292 g/mol. The van der Waals surface area contributed by atoms with Gasteiger partial charge in [0, 0.05) is 37.7 Å². The molecule has 0 unspecified atom stereocenters. The van der Waals surface area contributed by atoms with Crippen molar-refractivity contribution < 1.29 is 9.47 Å². The lowest BCUT2D eigenvalue weighted by molar-refractivity contribution is 0.171. The van der Waals surface area contributed by atoms with E-state index in [1.54, 1.807) is 0 Å². The Bertz CT molecular complexity index is 685. The highest BCUT2D eigenvalue weighted by Gasteiger charge is 2.19. The van der Waals surface area contributed by atoms with Gasteiger partial charge in [0.05, 0.1) is 6.20 Å². The van der Waals surface area contributed by atoms with E-state index in [0.29, 0.717) is 19.1 Å². The van der Waals surface area contributed by atoms with Gasteiger partial charge in [-0.05, 0) is 24.6 Å². The topological polar surface area (TPSA) is 60.3 Å². The number of hydrogen-bond acceptors (Lipinski definition) is 5. The summed E-state index contributed by atoms with van der Waals surface area (Å²) in [5, 5.41) is 11.4. The van der Waals surface area contributed by atoms with Crippen LogP contribution in [0.1, 0.15) is 18.5 Å². The third kappa shape index (κ3) is 2.99. The predicted molar refractivity (Wildman–Crippen MR) is 88.1 cm³/mol. The van der Waals surface area contributed by atoms with Gasteiger partial charge in [0.2, 0.25) is 0 Å². The van der Waals surface area contributed by atoms with E-state index in [9.17, 15) is 0 Å². The summed E-state index contributed by atoms with van der Waals surface area (Å²) in [6, 6.07) is 8.47. The van der Waals surface area contributed by atoms with Crippen LogP contribution >= 0.6 is 0 Å². The zero-order chi connectivity index (χ0) is 15.6. The van der Waals surface area contributed by atoms with Crippen molar-refractivity contribution in [2.24, 2.45) is 5.92 Å². The summed E-state index contributed by atoms with van der Waals surface area (Å²) >= 11 is 0. The lowest BCUT2D eigenvalue weighted by Crippen LogP contribution is -2.36. The fourth-order valence-electron chi connectivity index (χ4n) is 3.11. The normalized spacial score (nSPS) is 20.5. The smallest absolute Gasteiger partial charge is 0.161 e. The van der Waals surface area contributed by atoms with Crippen LogP contribution in [0.2, 0.25) is 0 Å². The SMILES string of the molecule is C[C@H](NC[C@H]1CNc2ccnn2C1)c1ccc2c(c1)OCCO2. The van der Waals surface area contributed by atoms with Crippen molar-refractivity contribution in [3.8, 4) is 11.5 Å². The molecule has 2 aromatic rings. The summed E-state index contributed by atoms with van der Waals surface area (Å²) < 4.78 is 13.3. The van der Waals surface area contributed by atoms with Crippen LogP contribution in [-0.4, -0.2) is 36.1 Å². The molecule has 4 rings (SSSR count). The Labute approximate surface area is 135 Å². The van der Waals surface area contributed by atoms with Gasteiger partial charge in [-0.25, -0.2) is 4.68 Å². The zero-order valence-electron chi connectivity index (χ0n) is 13.3. The number of nitrogens with zero attached hydrogens (tertiary/aromatic N) is 2. The maximum Gasteiger partial charge on any atom is 0.161 e. The van der Waals surface area contributed by atoms with E-state index in [-0.39, 0.29) is 6.04 Å². The van der Waals surface area contributed by atoms with Crippen molar-refractivity contribution in [2.45, 2.75) is 19.5 Å². The lowest BCUT2D eigenvalue weighted by Gasteiger charge is -2.27. The minimum atomic E-state index is 0.268. The number of rotatable bonds is 4. The molecule has 0 saturated heterocycles. The Balaban J connectivity index is 1.36. The molecule has 0 bridgehead atoms. The number of benzene rings is 1. The van der Waals surface area contributed by atoms with Crippen LogP contribution in [0, 0.1) is 5.92 Å². The maximum absolute atomic E-state index is 5.66. The van der Waals surface area contributed by atoms with Crippen molar-refractivity contribution in [3.05, 3.63) is 36.0 Å². The van der Waals surface area contributed by atoms with E-state index >= 15 is 0 Å². The van der Waals surface area contributed by atoms with Gasteiger partial charge < -0.3 is 20.1 Å². The molecule has 6 heteroatoms. The third-order valence-corrected chi connectivity index (χ3v) is 4.50. The number of fused-ring (bicyclic) bond motifs is 2. The second-order valence-electron chi connectivity index (χ2n) is 6.18. The van der Waals surface area contributed by atoms with E-state index in [0.717, 1.165) is 37.0 Å². The molecule has 0 spiro atoms. The quantitative estimate of drug-likeness (QED) is 0.904. The van der Waals surface area contributed by atoms with Gasteiger partial charge in [-0.2, -0.15) is 5.10 Å². The Morgan fingerprint density at radius 2 is 2.17 bits per heavy atom. The van der Waals surface area contributed by atoms with Crippen molar-refractivity contribution in [3.63, 3.8) is 0 Å². The summed E-state index contributed by atoms with van der Waals surface area (Å²) in [7, 11) is 0. The first-order valence-corrected chi connectivity index (χ1v) is 8.18. The highest BCUT2D eigenvalue weighted by atomic mass is 16.6. The van der Waals surface area contributed by atoms with E-state index in [2.05, 4.69) is 34.8 Å². The molecule has 0 aliphatic carbocycles. The summed E-state index contributed by atoms with van der Waals surface area (Å²) in [5.41, 5.74) is 1.22. The molecule has 2 aliphatic heterocycles. The first kappa shape index (κ1) is 14.4. The molecule has 3 heterocycles. The van der Waals surface area contributed by atoms with Crippen LogP contribution in [0.25, 0.3) is 0 Å². The van der Waals surface area contributed by atoms with Crippen LogP contribution in [0.15, 0.2) is 30.5 Å². The lowest BCUT2D eigenvalue weighted by atomic mass is 10.0. The van der Waals surface area contributed by atoms with Crippen LogP contribution in [-0.2, 0) is 6.54 Å². The Morgan fingerprint density at radius 1 is 1.30 bits per heavy atom. The summed E-state index contributed by atoms with van der Waals surface area (Å²) in [4.78, 5) is 0. The van der Waals surface area contributed by atoms with Crippen molar-refractivity contribution in [1.29, 1.82) is 0 Å². The largest absolute Gasteiger partial charge is 0.486 e. The van der Waals surface area contributed by atoms with Gasteiger partial charge in [-0.3, -0.25) is 0 Å². The fourth-order valence-corrected chi connectivity index (χ4v) is 3.11.